The molecule has 1 amide bonds. The highest BCUT2D eigenvalue weighted by Gasteiger charge is 2.43. The third-order valence-corrected chi connectivity index (χ3v) is 7.36. The molecular weight excluding hydrogens is 530 g/mol. The Labute approximate surface area is 236 Å². The monoisotopic (exact) mass is 559 g/mol. The number of benzene rings is 2. The van der Waals surface area contributed by atoms with Gasteiger partial charge < -0.3 is 28.8 Å². The first-order valence-corrected chi connectivity index (χ1v) is 13.6. The molecule has 1 N–H and O–H groups in total. The highest BCUT2D eigenvalue weighted by atomic mass is 32.2. The van der Waals surface area contributed by atoms with Gasteiger partial charge in [0.1, 0.15) is 17.3 Å². The minimum Gasteiger partial charge on any atom is -0.497 e. The van der Waals surface area contributed by atoms with E-state index in [9.17, 15) is 9.59 Å². The Bertz CT molecular complexity index is 1480. The fourth-order valence-corrected chi connectivity index (χ4v) is 5.57. The van der Waals surface area contributed by atoms with Crippen LogP contribution in [0.25, 0.3) is 5.70 Å². The lowest BCUT2D eigenvalue weighted by molar-refractivity contribution is -0.139. The van der Waals surface area contributed by atoms with E-state index in [1.165, 1.54) is 11.8 Å². The molecule has 0 saturated carbocycles. The van der Waals surface area contributed by atoms with E-state index >= 15 is 0 Å². The number of carbonyl (C=O) groups is 2. The van der Waals surface area contributed by atoms with Gasteiger partial charge in [-0.25, -0.2) is 9.79 Å². The van der Waals surface area contributed by atoms with E-state index in [0.717, 1.165) is 5.56 Å². The first-order valence-electron chi connectivity index (χ1n) is 12.7. The molecule has 0 radical (unpaired) electrons. The Balaban J connectivity index is 1.60. The van der Waals surface area contributed by atoms with Gasteiger partial charge >= 0.3 is 5.97 Å². The molecule has 1 aromatic heterocycles. The molecule has 206 valence electrons. The second-order valence-corrected chi connectivity index (χ2v) is 9.72. The predicted octanol–water partition coefficient (Wildman–Crippen LogP) is 5.28. The van der Waals surface area contributed by atoms with Crippen LogP contribution in [0.4, 0.5) is 0 Å². The molecule has 0 spiro atoms. The number of rotatable bonds is 10. The van der Waals surface area contributed by atoms with Crippen LogP contribution < -0.4 is 14.8 Å². The number of methoxy groups -OCH3 is 2. The van der Waals surface area contributed by atoms with Gasteiger partial charge in [0.2, 0.25) is 5.91 Å². The van der Waals surface area contributed by atoms with Crippen molar-refractivity contribution in [3.8, 4) is 11.5 Å². The number of thioether (sulfide) groups is 1. The second-order valence-electron chi connectivity index (χ2n) is 8.88. The molecule has 3 aromatic rings. The topological polar surface area (TPSA) is 103 Å². The normalized spacial score (nSPS) is 16.2. The predicted molar refractivity (Wildman–Crippen MR) is 152 cm³/mol. The maximum absolute atomic E-state index is 13.7. The van der Waals surface area contributed by atoms with Crippen LogP contribution in [0.15, 0.2) is 93.0 Å². The number of nitrogens with zero attached hydrogens (tertiary/aromatic N) is 2. The van der Waals surface area contributed by atoms with Crippen molar-refractivity contribution in [1.29, 1.82) is 0 Å². The minimum atomic E-state index is -0.679. The van der Waals surface area contributed by atoms with Gasteiger partial charge in [-0.3, -0.25) is 4.79 Å². The molecule has 0 fully saturated rings. The van der Waals surface area contributed by atoms with E-state index in [4.69, 9.17) is 23.6 Å². The Morgan fingerprint density at radius 2 is 1.90 bits per heavy atom. The van der Waals surface area contributed by atoms with Crippen molar-refractivity contribution in [3.63, 3.8) is 0 Å². The van der Waals surface area contributed by atoms with Crippen molar-refractivity contribution in [2.75, 3.05) is 20.8 Å². The highest BCUT2D eigenvalue weighted by molar-refractivity contribution is 8.16. The third kappa shape index (κ3) is 5.48. The molecular formula is C30H29N3O6S. The number of fused-ring (bicyclic) bond motifs is 1. The molecule has 0 bridgehead atoms. The number of carbonyl (C=O) groups excluding carboxylic acids is 2. The molecule has 3 heterocycles. The number of hydrogen-bond donors (Lipinski definition) is 1. The van der Waals surface area contributed by atoms with Gasteiger partial charge in [-0.2, -0.15) is 0 Å². The number of amides is 1. The molecule has 1 unspecified atom stereocenters. The van der Waals surface area contributed by atoms with Crippen LogP contribution in [0.3, 0.4) is 0 Å². The molecule has 9 nitrogen and oxygen atoms in total. The zero-order valence-electron chi connectivity index (χ0n) is 22.4. The number of ether oxygens (including phenoxy) is 3. The molecule has 2 aliphatic heterocycles. The standard InChI is InChI=1S/C30H29N3O6S/c1-4-38-29(35)26-27(19-9-6-5-7-10-19)32-30-33(28(26)23-13-12-21(36-2)16-24(23)37-3)20(18-40-30)15-25(34)31-17-22-11-8-14-39-22/h5-14,16,18,28H,4,15,17H2,1-3H3,(H,31,34). The average Bonchev–Trinajstić information content (AvgIpc) is 3.65. The summed E-state index contributed by atoms with van der Waals surface area (Å²) in [4.78, 5) is 33.5. The summed E-state index contributed by atoms with van der Waals surface area (Å²) in [5.41, 5.74) is 3.04. The minimum absolute atomic E-state index is 0.0679. The summed E-state index contributed by atoms with van der Waals surface area (Å²) in [6, 6.07) is 17.9. The Morgan fingerprint density at radius 3 is 2.60 bits per heavy atom. The van der Waals surface area contributed by atoms with Gasteiger partial charge in [-0.15, -0.1) is 0 Å². The molecule has 5 rings (SSSR count). The SMILES string of the molecule is CCOC(=O)C1=C(c2ccccc2)N=C2SC=C(CC(=O)NCc3ccco3)N2C1c1ccc(OC)cc1OC. The maximum Gasteiger partial charge on any atom is 0.338 e. The van der Waals surface area contributed by atoms with Crippen molar-refractivity contribution < 1.29 is 28.2 Å². The van der Waals surface area contributed by atoms with Crippen LogP contribution in [0, 0.1) is 0 Å². The lowest BCUT2D eigenvalue weighted by Gasteiger charge is -2.37. The van der Waals surface area contributed by atoms with Gasteiger partial charge in [-0.05, 0) is 36.6 Å². The zero-order chi connectivity index (χ0) is 28.1. The van der Waals surface area contributed by atoms with Crippen LogP contribution in [0.2, 0.25) is 0 Å². The fraction of sp³-hybridized carbons (Fsp3) is 0.233. The number of esters is 1. The molecule has 0 aliphatic carbocycles. The molecule has 1 atom stereocenters. The number of hydrogen-bond acceptors (Lipinski definition) is 9. The lowest BCUT2D eigenvalue weighted by atomic mass is 9.90. The summed E-state index contributed by atoms with van der Waals surface area (Å²) >= 11 is 1.40. The van der Waals surface area contributed by atoms with E-state index in [0.29, 0.717) is 45.0 Å². The molecule has 2 aliphatic rings. The van der Waals surface area contributed by atoms with Crippen molar-refractivity contribution in [1.82, 2.24) is 10.2 Å². The van der Waals surface area contributed by atoms with E-state index in [2.05, 4.69) is 5.32 Å². The highest BCUT2D eigenvalue weighted by Crippen LogP contribution is 2.49. The summed E-state index contributed by atoms with van der Waals surface area (Å²) in [6.45, 7) is 2.23. The van der Waals surface area contributed by atoms with Crippen LogP contribution in [0.5, 0.6) is 11.5 Å². The van der Waals surface area contributed by atoms with Gasteiger partial charge in [0.05, 0.1) is 57.4 Å². The summed E-state index contributed by atoms with van der Waals surface area (Å²) in [5.74, 6) is 1.10. The average molecular weight is 560 g/mol. The van der Waals surface area contributed by atoms with E-state index in [1.807, 2.05) is 52.8 Å². The molecule has 0 saturated heterocycles. The Morgan fingerprint density at radius 1 is 1.07 bits per heavy atom. The lowest BCUT2D eigenvalue weighted by Crippen LogP contribution is -2.38. The third-order valence-electron chi connectivity index (χ3n) is 6.47. The van der Waals surface area contributed by atoms with Crippen LogP contribution in [0.1, 0.15) is 36.3 Å². The number of aliphatic imine (C=N–C) groups is 1. The maximum atomic E-state index is 13.7. The van der Waals surface area contributed by atoms with Crippen molar-refractivity contribution in [2.24, 2.45) is 4.99 Å². The Kier molecular flexibility index (Phi) is 8.26. The van der Waals surface area contributed by atoms with E-state index < -0.39 is 12.0 Å². The van der Waals surface area contributed by atoms with Crippen LogP contribution in [-0.4, -0.2) is 42.8 Å². The van der Waals surface area contributed by atoms with Crippen molar-refractivity contribution in [2.45, 2.75) is 25.9 Å². The smallest absolute Gasteiger partial charge is 0.338 e. The van der Waals surface area contributed by atoms with E-state index in [-0.39, 0.29) is 25.5 Å². The second kappa shape index (κ2) is 12.2. The largest absolute Gasteiger partial charge is 0.497 e. The Hall–Kier alpha value is -4.44. The van der Waals surface area contributed by atoms with Gasteiger partial charge in [0.15, 0.2) is 5.17 Å². The van der Waals surface area contributed by atoms with Gasteiger partial charge in [0.25, 0.3) is 0 Å². The summed E-state index contributed by atoms with van der Waals surface area (Å²) in [6.07, 6.45) is 1.63. The first-order chi connectivity index (χ1) is 19.5. The summed E-state index contributed by atoms with van der Waals surface area (Å²) in [7, 11) is 3.15. The molecule has 2 aromatic carbocycles. The molecule has 40 heavy (non-hydrogen) atoms. The quantitative estimate of drug-likeness (QED) is 0.335. The van der Waals surface area contributed by atoms with Crippen molar-refractivity contribution in [3.05, 3.63) is 100 Å². The van der Waals surface area contributed by atoms with Crippen molar-refractivity contribution >= 4 is 34.5 Å². The fourth-order valence-electron chi connectivity index (χ4n) is 4.65. The summed E-state index contributed by atoms with van der Waals surface area (Å²) < 4.78 is 22.1. The van der Waals surface area contributed by atoms with Gasteiger partial charge in [0, 0.05) is 22.9 Å². The first kappa shape index (κ1) is 27.1. The van der Waals surface area contributed by atoms with Gasteiger partial charge in [-0.1, -0.05) is 42.1 Å². The van der Waals surface area contributed by atoms with Crippen LogP contribution in [-0.2, 0) is 20.9 Å². The number of furan rings is 1. The zero-order valence-corrected chi connectivity index (χ0v) is 23.2. The number of amidine groups is 1. The van der Waals surface area contributed by atoms with Crippen LogP contribution >= 0.6 is 11.8 Å². The summed E-state index contributed by atoms with van der Waals surface area (Å²) in [5, 5.41) is 5.43. The van der Waals surface area contributed by atoms with E-state index in [1.54, 1.807) is 45.6 Å². The molecule has 10 heteroatoms. The number of nitrogens with one attached hydrogen (secondary N) is 1.